The first-order chi connectivity index (χ1) is 11.1. The average molecular weight is 313 g/mol. The summed E-state index contributed by atoms with van der Waals surface area (Å²) in [6.45, 7) is -0.0866. The van der Waals surface area contributed by atoms with E-state index >= 15 is 0 Å². The Hall–Kier alpha value is -2.63. The Morgan fingerprint density at radius 3 is 2.39 bits per heavy atom. The highest BCUT2D eigenvalue weighted by Crippen LogP contribution is 2.36. The monoisotopic (exact) mass is 313 g/mol. The number of amides is 2. The fraction of sp³-hybridized carbons (Fsp3) is 0.353. The van der Waals surface area contributed by atoms with Gasteiger partial charge in [-0.1, -0.05) is 12.2 Å². The molecule has 6 heteroatoms. The number of allylic oxidation sites excluding steroid dienone is 2. The van der Waals surface area contributed by atoms with Gasteiger partial charge < -0.3 is 9.47 Å². The number of carbonyl (C=O) groups excluding carboxylic acids is 3. The summed E-state index contributed by atoms with van der Waals surface area (Å²) < 4.78 is 10.5. The molecule has 0 bridgehead atoms. The summed E-state index contributed by atoms with van der Waals surface area (Å²) >= 11 is 0. The zero-order valence-corrected chi connectivity index (χ0v) is 12.4. The van der Waals surface area contributed by atoms with Crippen LogP contribution in [-0.4, -0.2) is 35.8 Å². The minimum absolute atomic E-state index is 0.131. The van der Waals surface area contributed by atoms with Crippen LogP contribution >= 0.6 is 0 Å². The lowest BCUT2D eigenvalue weighted by Crippen LogP contribution is -2.36. The third-order valence-electron chi connectivity index (χ3n) is 4.60. The zero-order valence-electron chi connectivity index (χ0n) is 12.4. The molecule has 0 saturated carbocycles. The molecule has 1 saturated heterocycles. The summed E-state index contributed by atoms with van der Waals surface area (Å²) in [7, 11) is 0. The van der Waals surface area contributed by atoms with Crippen LogP contribution < -0.4 is 9.47 Å². The molecule has 0 radical (unpaired) electrons. The second-order valence-electron chi connectivity index (χ2n) is 5.91. The Morgan fingerprint density at radius 2 is 1.70 bits per heavy atom. The minimum atomic E-state index is -0.308. The van der Waals surface area contributed by atoms with Gasteiger partial charge in [0.15, 0.2) is 17.3 Å². The second-order valence-corrected chi connectivity index (χ2v) is 5.91. The number of ketones is 1. The fourth-order valence-corrected chi connectivity index (χ4v) is 3.33. The van der Waals surface area contributed by atoms with E-state index in [1.165, 1.54) is 0 Å². The molecule has 2 aliphatic heterocycles. The van der Waals surface area contributed by atoms with Gasteiger partial charge in [0, 0.05) is 5.56 Å². The molecule has 4 rings (SSSR count). The van der Waals surface area contributed by atoms with Crippen molar-refractivity contribution in [3.8, 4) is 11.5 Å². The van der Waals surface area contributed by atoms with E-state index in [0.29, 0.717) is 29.9 Å². The third kappa shape index (κ3) is 2.21. The van der Waals surface area contributed by atoms with Crippen molar-refractivity contribution in [2.24, 2.45) is 11.8 Å². The summed E-state index contributed by atoms with van der Waals surface area (Å²) in [6.07, 6.45) is 5.00. The van der Waals surface area contributed by atoms with Gasteiger partial charge in [0.05, 0.1) is 18.4 Å². The molecule has 1 aromatic carbocycles. The summed E-state index contributed by atoms with van der Waals surface area (Å²) in [5.41, 5.74) is 0.405. The van der Waals surface area contributed by atoms with Gasteiger partial charge in [0.2, 0.25) is 18.6 Å². The van der Waals surface area contributed by atoms with Gasteiger partial charge in [0.25, 0.3) is 0 Å². The van der Waals surface area contributed by atoms with Gasteiger partial charge in [-0.2, -0.15) is 0 Å². The SMILES string of the molecule is O=C(CN1C(=O)[C@H]2CC=CC[C@H]2C1=O)c1ccc2c(c1)OCO2. The Morgan fingerprint density at radius 1 is 1.04 bits per heavy atom. The molecule has 2 atom stereocenters. The number of fused-ring (bicyclic) bond motifs is 2. The number of hydrogen-bond donors (Lipinski definition) is 0. The highest BCUT2D eigenvalue weighted by atomic mass is 16.7. The first kappa shape index (κ1) is 14.0. The van der Waals surface area contributed by atoms with Crippen molar-refractivity contribution in [2.75, 3.05) is 13.3 Å². The molecule has 2 amide bonds. The van der Waals surface area contributed by atoms with Gasteiger partial charge in [0.1, 0.15) is 0 Å². The maximum Gasteiger partial charge on any atom is 0.233 e. The maximum atomic E-state index is 12.4. The predicted molar refractivity (Wildman–Crippen MR) is 79.0 cm³/mol. The number of likely N-dealkylation sites (tertiary alicyclic amines) is 1. The molecule has 118 valence electrons. The Labute approximate surface area is 132 Å². The quantitative estimate of drug-likeness (QED) is 0.481. The molecule has 3 aliphatic rings. The number of rotatable bonds is 3. The van der Waals surface area contributed by atoms with E-state index in [2.05, 4.69) is 0 Å². The predicted octanol–water partition coefficient (Wildman–Crippen LogP) is 1.55. The maximum absolute atomic E-state index is 12.4. The summed E-state index contributed by atoms with van der Waals surface area (Å²) in [5.74, 6) is -0.276. The van der Waals surface area contributed by atoms with E-state index in [9.17, 15) is 14.4 Å². The highest BCUT2D eigenvalue weighted by molar-refractivity contribution is 6.10. The van der Waals surface area contributed by atoms with Crippen molar-refractivity contribution in [3.05, 3.63) is 35.9 Å². The van der Waals surface area contributed by atoms with Crippen LogP contribution in [0.2, 0.25) is 0 Å². The van der Waals surface area contributed by atoms with Crippen LogP contribution in [0.5, 0.6) is 11.5 Å². The first-order valence-corrected chi connectivity index (χ1v) is 7.58. The van der Waals surface area contributed by atoms with E-state index < -0.39 is 0 Å². The normalized spacial score (nSPS) is 25.0. The molecular weight excluding hydrogens is 298 g/mol. The van der Waals surface area contributed by atoms with E-state index in [-0.39, 0.29) is 42.8 Å². The molecule has 1 fully saturated rings. The molecule has 0 N–H and O–H groups in total. The van der Waals surface area contributed by atoms with Crippen molar-refractivity contribution >= 4 is 17.6 Å². The fourth-order valence-electron chi connectivity index (χ4n) is 3.33. The summed E-state index contributed by atoms with van der Waals surface area (Å²) in [4.78, 5) is 38.3. The van der Waals surface area contributed by atoms with Crippen molar-refractivity contribution in [1.29, 1.82) is 0 Å². The number of benzene rings is 1. The number of Topliss-reactive ketones (excluding diaryl/α,β-unsaturated/α-hetero) is 1. The van der Waals surface area contributed by atoms with E-state index in [0.717, 1.165) is 4.90 Å². The second kappa shape index (κ2) is 5.22. The molecule has 0 unspecified atom stereocenters. The molecule has 1 aromatic rings. The van der Waals surface area contributed by atoms with Crippen LogP contribution in [0.15, 0.2) is 30.4 Å². The van der Waals surface area contributed by atoms with Gasteiger partial charge >= 0.3 is 0 Å². The Bertz CT molecular complexity index is 712. The van der Waals surface area contributed by atoms with Crippen LogP contribution in [0.4, 0.5) is 0 Å². The van der Waals surface area contributed by atoms with Crippen molar-refractivity contribution < 1.29 is 23.9 Å². The van der Waals surface area contributed by atoms with E-state index in [4.69, 9.17) is 9.47 Å². The molecule has 1 aliphatic carbocycles. The smallest absolute Gasteiger partial charge is 0.233 e. The van der Waals surface area contributed by atoms with Crippen LogP contribution in [0.1, 0.15) is 23.2 Å². The number of hydrogen-bond acceptors (Lipinski definition) is 5. The van der Waals surface area contributed by atoms with Crippen LogP contribution in [0.25, 0.3) is 0 Å². The zero-order chi connectivity index (χ0) is 16.0. The number of imide groups is 1. The van der Waals surface area contributed by atoms with Gasteiger partial charge in [-0.15, -0.1) is 0 Å². The lowest BCUT2D eigenvalue weighted by atomic mass is 9.85. The van der Waals surface area contributed by atoms with Crippen LogP contribution in [0.3, 0.4) is 0 Å². The topological polar surface area (TPSA) is 72.9 Å². The van der Waals surface area contributed by atoms with Crippen LogP contribution in [0, 0.1) is 11.8 Å². The summed E-state index contributed by atoms with van der Waals surface area (Å²) in [6, 6.07) is 4.87. The highest BCUT2D eigenvalue weighted by Gasteiger charge is 2.47. The van der Waals surface area contributed by atoms with Crippen molar-refractivity contribution in [2.45, 2.75) is 12.8 Å². The molecule has 2 heterocycles. The Kier molecular flexibility index (Phi) is 3.18. The first-order valence-electron chi connectivity index (χ1n) is 7.58. The summed E-state index contributed by atoms with van der Waals surface area (Å²) in [5, 5.41) is 0. The Balaban J connectivity index is 1.53. The number of ether oxygens (including phenoxy) is 2. The lowest BCUT2D eigenvalue weighted by Gasteiger charge is -2.14. The van der Waals surface area contributed by atoms with E-state index in [1.54, 1.807) is 18.2 Å². The number of carbonyl (C=O) groups is 3. The molecule has 0 spiro atoms. The lowest BCUT2D eigenvalue weighted by molar-refractivity contribution is -0.139. The van der Waals surface area contributed by atoms with E-state index in [1.807, 2.05) is 12.2 Å². The van der Waals surface area contributed by atoms with Gasteiger partial charge in [-0.05, 0) is 31.0 Å². The minimum Gasteiger partial charge on any atom is -0.454 e. The third-order valence-corrected chi connectivity index (χ3v) is 4.60. The average Bonchev–Trinajstić information content (AvgIpc) is 3.13. The van der Waals surface area contributed by atoms with Crippen molar-refractivity contribution in [3.63, 3.8) is 0 Å². The van der Waals surface area contributed by atoms with Crippen molar-refractivity contribution in [1.82, 2.24) is 4.90 Å². The van der Waals surface area contributed by atoms with Crippen LogP contribution in [-0.2, 0) is 9.59 Å². The molecule has 0 aromatic heterocycles. The largest absolute Gasteiger partial charge is 0.454 e. The molecular formula is C17H15NO5. The standard InChI is InChI=1S/C17H15NO5/c19-13(10-5-6-14-15(7-10)23-9-22-14)8-18-16(20)11-3-1-2-4-12(11)17(18)21/h1-2,5-7,11-12H,3-4,8-9H2/t11-,12+. The molecule has 23 heavy (non-hydrogen) atoms. The van der Waals surface area contributed by atoms with Gasteiger partial charge in [-0.25, -0.2) is 0 Å². The number of nitrogens with zero attached hydrogens (tertiary/aromatic N) is 1. The van der Waals surface area contributed by atoms with Gasteiger partial charge in [-0.3, -0.25) is 19.3 Å². The molecule has 6 nitrogen and oxygen atoms in total.